The van der Waals surface area contributed by atoms with Gasteiger partial charge in [-0.3, -0.25) is 29.0 Å². The maximum Gasteiger partial charge on any atom is 0.251 e. The van der Waals surface area contributed by atoms with E-state index in [1.807, 2.05) is 34.1 Å². The molecule has 0 aromatic heterocycles. The normalized spacial score (nSPS) is 21.1. The van der Waals surface area contributed by atoms with E-state index in [9.17, 15) is 19.2 Å². The van der Waals surface area contributed by atoms with Gasteiger partial charge in [-0.15, -0.1) is 0 Å². The number of hydrogen-bond acceptors (Lipinski definition) is 8. The highest BCUT2D eigenvalue weighted by molar-refractivity contribution is 6.23. The van der Waals surface area contributed by atoms with Crippen LogP contribution >= 0.6 is 0 Å². The van der Waals surface area contributed by atoms with Crippen molar-refractivity contribution in [1.29, 1.82) is 0 Å². The molecule has 0 spiro atoms. The first kappa shape index (κ1) is 33.6. The third kappa shape index (κ3) is 7.96. The van der Waals surface area contributed by atoms with Gasteiger partial charge in [0.2, 0.25) is 11.8 Å². The second-order valence-electron chi connectivity index (χ2n) is 12.5. The van der Waals surface area contributed by atoms with E-state index in [2.05, 4.69) is 13.8 Å². The molecule has 0 unspecified atom stereocenters. The molecule has 3 heterocycles. The van der Waals surface area contributed by atoms with Gasteiger partial charge in [0.05, 0.1) is 49.5 Å². The Kier molecular flexibility index (Phi) is 11.8. The van der Waals surface area contributed by atoms with Crippen molar-refractivity contribution in [2.75, 3.05) is 49.2 Å². The fourth-order valence-corrected chi connectivity index (χ4v) is 6.53. The first-order valence-electron chi connectivity index (χ1n) is 17.1. The number of carbonyl (C=O) groups is 4. The molecule has 3 aliphatic rings. The molecule has 0 N–H and O–H groups in total. The summed E-state index contributed by atoms with van der Waals surface area (Å²) in [6.07, 6.45) is 9.27. The van der Waals surface area contributed by atoms with Crippen LogP contribution in [0, 0.1) is 0 Å². The van der Waals surface area contributed by atoms with E-state index in [0.717, 1.165) is 37.2 Å². The largest absolute Gasteiger partial charge is 0.494 e. The van der Waals surface area contributed by atoms with Gasteiger partial charge in [0, 0.05) is 26.2 Å². The Labute approximate surface area is 272 Å². The topological polar surface area (TPSA) is 99.7 Å². The first-order valence-corrected chi connectivity index (χ1v) is 17.1. The maximum atomic E-state index is 13.4. The molecule has 0 saturated carbocycles. The summed E-state index contributed by atoms with van der Waals surface area (Å²) in [7, 11) is 0. The number of amides is 4. The van der Waals surface area contributed by atoms with Gasteiger partial charge in [-0.1, -0.05) is 52.4 Å². The number of imide groups is 2. The quantitative estimate of drug-likeness (QED) is 0.184. The number of benzene rings is 2. The van der Waals surface area contributed by atoms with Gasteiger partial charge in [-0.25, -0.2) is 9.80 Å². The fourth-order valence-electron chi connectivity index (χ4n) is 6.53. The molecule has 5 rings (SSSR count). The van der Waals surface area contributed by atoms with E-state index in [0.29, 0.717) is 50.8 Å². The minimum atomic E-state index is -0.533. The predicted octanol–water partition coefficient (Wildman–Crippen LogP) is 5.19. The monoisotopic (exact) mass is 632 g/mol. The predicted molar refractivity (Wildman–Crippen MR) is 177 cm³/mol. The summed E-state index contributed by atoms with van der Waals surface area (Å²) in [5, 5.41) is 0. The van der Waals surface area contributed by atoms with Crippen LogP contribution in [-0.4, -0.2) is 84.9 Å². The molecule has 3 saturated heterocycles. The van der Waals surface area contributed by atoms with Crippen LogP contribution in [0.5, 0.6) is 11.5 Å². The second kappa shape index (κ2) is 16.2. The van der Waals surface area contributed by atoms with E-state index in [1.54, 1.807) is 24.3 Å². The number of carbonyl (C=O) groups excluding carboxylic acids is 4. The van der Waals surface area contributed by atoms with E-state index >= 15 is 0 Å². The number of nitrogens with zero attached hydrogens (tertiary/aromatic N) is 4. The van der Waals surface area contributed by atoms with E-state index in [-0.39, 0.29) is 36.5 Å². The van der Waals surface area contributed by atoms with Gasteiger partial charge in [0.15, 0.2) is 0 Å². The number of rotatable bonds is 16. The first-order chi connectivity index (χ1) is 22.4. The molecule has 2 aromatic carbocycles. The highest BCUT2D eigenvalue weighted by Crippen LogP contribution is 2.31. The summed E-state index contributed by atoms with van der Waals surface area (Å²) in [5.41, 5.74) is 1.10. The fraction of sp³-hybridized carbons (Fsp3) is 0.556. The van der Waals surface area contributed by atoms with Crippen LogP contribution in [0.2, 0.25) is 0 Å². The number of piperazine rings is 1. The van der Waals surface area contributed by atoms with Gasteiger partial charge in [0.1, 0.15) is 11.5 Å². The highest BCUT2D eigenvalue weighted by Gasteiger charge is 2.46. The molecule has 2 aromatic rings. The van der Waals surface area contributed by atoms with E-state index in [1.165, 1.54) is 35.5 Å². The minimum absolute atomic E-state index is 0.127. The average molecular weight is 633 g/mol. The lowest BCUT2D eigenvalue weighted by Crippen LogP contribution is -2.56. The Hall–Kier alpha value is -3.76. The molecule has 2 atom stereocenters. The molecule has 10 heteroatoms. The number of hydrogen-bond donors (Lipinski definition) is 0. The van der Waals surface area contributed by atoms with Crippen molar-refractivity contribution in [3.63, 3.8) is 0 Å². The summed E-state index contributed by atoms with van der Waals surface area (Å²) in [6.45, 7) is 7.77. The third-order valence-electron chi connectivity index (χ3n) is 9.20. The SMILES string of the molecule is CCCCCCOc1ccc(N2C(=O)C[C@@H](N3CCN([C@@H]4CC(=O)N(c5ccc(OCCCCCC)cc5)C4=O)CC3)C2=O)cc1. The van der Waals surface area contributed by atoms with Crippen LogP contribution < -0.4 is 19.3 Å². The Morgan fingerprint density at radius 2 is 0.913 bits per heavy atom. The van der Waals surface area contributed by atoms with E-state index < -0.39 is 12.1 Å². The van der Waals surface area contributed by atoms with Crippen molar-refractivity contribution >= 4 is 35.0 Å². The minimum Gasteiger partial charge on any atom is -0.494 e. The molecular weight excluding hydrogens is 584 g/mol. The average Bonchev–Trinajstić information content (AvgIpc) is 3.54. The molecule has 0 bridgehead atoms. The zero-order valence-corrected chi connectivity index (χ0v) is 27.3. The van der Waals surface area contributed by atoms with Crippen molar-refractivity contribution in [2.24, 2.45) is 0 Å². The molecule has 10 nitrogen and oxygen atoms in total. The van der Waals surface area contributed by atoms with Crippen molar-refractivity contribution in [3.05, 3.63) is 48.5 Å². The smallest absolute Gasteiger partial charge is 0.251 e. The molecule has 3 aliphatic heterocycles. The van der Waals surface area contributed by atoms with Crippen LogP contribution in [0.3, 0.4) is 0 Å². The van der Waals surface area contributed by atoms with Gasteiger partial charge in [-0.05, 0) is 61.4 Å². The van der Waals surface area contributed by atoms with Gasteiger partial charge in [0.25, 0.3) is 11.8 Å². The number of anilines is 2. The standard InChI is InChI=1S/C36H48N4O6/c1-3-5-7-9-23-45-29-15-11-27(12-16-29)39-33(41)25-31(35(39)43)37-19-21-38(22-20-37)32-26-34(42)40(36(32)44)28-13-17-30(18-14-28)46-24-10-8-6-4-2/h11-18,31-32H,3-10,19-26H2,1-2H3/t31-,32-/m1/s1. The van der Waals surface area contributed by atoms with Crippen LogP contribution in [-0.2, 0) is 19.2 Å². The van der Waals surface area contributed by atoms with E-state index in [4.69, 9.17) is 9.47 Å². The van der Waals surface area contributed by atoms with Crippen molar-refractivity contribution in [1.82, 2.24) is 9.80 Å². The Morgan fingerprint density at radius 3 is 1.26 bits per heavy atom. The lowest BCUT2D eigenvalue weighted by atomic mass is 10.1. The second-order valence-corrected chi connectivity index (χ2v) is 12.5. The highest BCUT2D eigenvalue weighted by atomic mass is 16.5. The lowest BCUT2D eigenvalue weighted by molar-refractivity contribution is -0.126. The number of unbranched alkanes of at least 4 members (excludes halogenated alkanes) is 6. The summed E-state index contributed by atoms with van der Waals surface area (Å²) >= 11 is 0. The van der Waals surface area contributed by atoms with Crippen LogP contribution in [0.25, 0.3) is 0 Å². The number of ether oxygens (including phenoxy) is 2. The molecule has 3 fully saturated rings. The van der Waals surface area contributed by atoms with Gasteiger partial charge >= 0.3 is 0 Å². The maximum absolute atomic E-state index is 13.4. The molecule has 46 heavy (non-hydrogen) atoms. The zero-order valence-electron chi connectivity index (χ0n) is 27.3. The van der Waals surface area contributed by atoms with Crippen molar-refractivity contribution < 1.29 is 28.7 Å². The Balaban J connectivity index is 1.11. The molecule has 4 amide bonds. The molecular formula is C36H48N4O6. The summed E-state index contributed by atoms with van der Waals surface area (Å²) in [5.74, 6) is 0.572. The van der Waals surface area contributed by atoms with Crippen molar-refractivity contribution in [2.45, 2.75) is 90.1 Å². The summed E-state index contributed by atoms with van der Waals surface area (Å²) in [6, 6.07) is 13.2. The Morgan fingerprint density at radius 1 is 0.543 bits per heavy atom. The summed E-state index contributed by atoms with van der Waals surface area (Å²) < 4.78 is 11.6. The lowest BCUT2D eigenvalue weighted by Gasteiger charge is -2.38. The van der Waals surface area contributed by atoms with Gasteiger partial charge < -0.3 is 9.47 Å². The van der Waals surface area contributed by atoms with Crippen LogP contribution in [0.1, 0.15) is 78.1 Å². The molecule has 0 aliphatic carbocycles. The Bertz CT molecular complexity index is 1240. The molecule has 0 radical (unpaired) electrons. The third-order valence-corrected chi connectivity index (χ3v) is 9.20. The summed E-state index contributed by atoms with van der Waals surface area (Å²) in [4.78, 5) is 59.4. The molecule has 248 valence electrons. The van der Waals surface area contributed by atoms with Crippen LogP contribution in [0.4, 0.5) is 11.4 Å². The zero-order chi connectivity index (χ0) is 32.5. The van der Waals surface area contributed by atoms with Crippen molar-refractivity contribution in [3.8, 4) is 11.5 Å². The van der Waals surface area contributed by atoms with Gasteiger partial charge in [-0.2, -0.15) is 0 Å². The van der Waals surface area contributed by atoms with Crippen LogP contribution in [0.15, 0.2) is 48.5 Å².